The van der Waals surface area contributed by atoms with Gasteiger partial charge in [-0.25, -0.2) is 9.78 Å². The Kier molecular flexibility index (Phi) is 6.40. The number of hydrogen-bond acceptors (Lipinski definition) is 4. The highest BCUT2D eigenvalue weighted by Crippen LogP contribution is 2.38. The second-order valence-electron chi connectivity index (χ2n) is 8.90. The van der Waals surface area contributed by atoms with Crippen LogP contribution in [0.15, 0.2) is 18.3 Å². The fraction of sp³-hybridized carbons (Fsp3) is 0.727. The molecule has 150 valence electrons. The summed E-state index contributed by atoms with van der Waals surface area (Å²) in [5, 5.41) is 0. The molecule has 0 spiro atoms. The van der Waals surface area contributed by atoms with Gasteiger partial charge in [-0.2, -0.15) is 0 Å². The number of ether oxygens (including phenoxy) is 1. The van der Waals surface area contributed by atoms with E-state index in [2.05, 4.69) is 17.9 Å². The van der Waals surface area contributed by atoms with Crippen LogP contribution in [0, 0.1) is 0 Å². The molecule has 2 aliphatic rings. The van der Waals surface area contributed by atoms with Crippen LogP contribution in [0.1, 0.15) is 84.2 Å². The summed E-state index contributed by atoms with van der Waals surface area (Å²) in [6.07, 6.45) is 9.52. The van der Waals surface area contributed by atoms with Gasteiger partial charge in [-0.1, -0.05) is 19.4 Å². The van der Waals surface area contributed by atoms with Crippen LogP contribution in [0.2, 0.25) is 0 Å². The van der Waals surface area contributed by atoms with E-state index in [1.54, 1.807) is 0 Å². The molecule has 2 fully saturated rings. The lowest BCUT2D eigenvalue weighted by molar-refractivity contribution is 0.0546. The zero-order valence-corrected chi connectivity index (χ0v) is 17.4. The van der Waals surface area contributed by atoms with Crippen molar-refractivity contribution in [1.29, 1.82) is 0 Å². The van der Waals surface area contributed by atoms with Gasteiger partial charge in [-0.15, -0.1) is 0 Å². The molecule has 0 N–H and O–H groups in total. The van der Waals surface area contributed by atoms with Crippen molar-refractivity contribution < 1.29 is 9.53 Å². The van der Waals surface area contributed by atoms with Crippen molar-refractivity contribution in [2.24, 2.45) is 0 Å². The molecule has 1 saturated heterocycles. The predicted molar refractivity (Wildman–Crippen MR) is 109 cm³/mol. The Bertz CT molecular complexity index is 635. The van der Waals surface area contributed by atoms with Crippen LogP contribution in [0.4, 0.5) is 10.6 Å². The number of likely N-dealkylation sites (tertiary alicyclic amines) is 1. The van der Waals surface area contributed by atoms with Crippen molar-refractivity contribution in [2.45, 2.75) is 90.3 Å². The van der Waals surface area contributed by atoms with E-state index in [1.807, 2.05) is 37.9 Å². The second-order valence-corrected chi connectivity index (χ2v) is 8.90. The van der Waals surface area contributed by atoms with Gasteiger partial charge in [-0.05, 0) is 78.5 Å². The third-order valence-corrected chi connectivity index (χ3v) is 5.56. The number of rotatable bonds is 5. The highest BCUT2D eigenvalue weighted by atomic mass is 16.6. The van der Waals surface area contributed by atoms with Crippen LogP contribution in [0.3, 0.4) is 0 Å². The molecule has 0 aromatic carbocycles. The van der Waals surface area contributed by atoms with E-state index in [-0.39, 0.29) is 12.1 Å². The van der Waals surface area contributed by atoms with Gasteiger partial charge in [0.15, 0.2) is 0 Å². The van der Waals surface area contributed by atoms with Gasteiger partial charge in [0.2, 0.25) is 0 Å². The van der Waals surface area contributed by atoms with Crippen molar-refractivity contribution >= 4 is 11.9 Å². The number of carbonyl (C=O) groups excluding carboxylic acids is 1. The normalized spacial score (nSPS) is 21.6. The highest BCUT2D eigenvalue weighted by Gasteiger charge is 2.37. The molecule has 1 amide bonds. The summed E-state index contributed by atoms with van der Waals surface area (Å²) in [6.45, 7) is 10.2. The van der Waals surface area contributed by atoms with E-state index in [0.717, 1.165) is 51.0 Å². The molecule has 1 aliphatic heterocycles. The fourth-order valence-corrected chi connectivity index (χ4v) is 4.13. The number of amides is 1. The number of hydrogen-bond donors (Lipinski definition) is 0. The van der Waals surface area contributed by atoms with E-state index in [0.29, 0.717) is 6.04 Å². The van der Waals surface area contributed by atoms with Gasteiger partial charge in [-0.3, -0.25) is 9.80 Å². The first-order chi connectivity index (χ1) is 12.9. The van der Waals surface area contributed by atoms with Crippen LogP contribution in [0.25, 0.3) is 0 Å². The molecule has 5 heteroatoms. The standard InChI is InChI=1S/C22H35N3O2/c1-5-15-24-16-7-6-13-19(24)18-12-9-14-23-20(18)25(17-10-8-11-17)21(26)27-22(2,3)4/h9,12,14,17,19H,5-8,10-11,13,15-16H2,1-4H3/t19-/m0/s1. The monoisotopic (exact) mass is 373 g/mol. The van der Waals surface area contributed by atoms with Gasteiger partial charge < -0.3 is 4.74 Å². The maximum atomic E-state index is 13.1. The summed E-state index contributed by atoms with van der Waals surface area (Å²) in [5.41, 5.74) is 0.677. The second kappa shape index (κ2) is 8.59. The first-order valence-electron chi connectivity index (χ1n) is 10.6. The molecule has 1 aliphatic carbocycles. The summed E-state index contributed by atoms with van der Waals surface area (Å²) in [7, 11) is 0. The number of aromatic nitrogens is 1. The van der Waals surface area contributed by atoms with Crippen LogP contribution < -0.4 is 4.90 Å². The van der Waals surface area contributed by atoms with Gasteiger partial charge in [0.25, 0.3) is 0 Å². The Balaban J connectivity index is 1.94. The third-order valence-electron chi connectivity index (χ3n) is 5.56. The number of pyridine rings is 1. The lowest BCUT2D eigenvalue weighted by Crippen LogP contribution is -2.48. The molecule has 0 unspecified atom stereocenters. The van der Waals surface area contributed by atoms with Crippen LogP contribution in [-0.4, -0.2) is 40.7 Å². The van der Waals surface area contributed by atoms with Crippen molar-refractivity contribution in [3.63, 3.8) is 0 Å². The predicted octanol–water partition coefficient (Wildman–Crippen LogP) is 5.31. The molecule has 1 aromatic rings. The first kappa shape index (κ1) is 20.1. The van der Waals surface area contributed by atoms with Crippen molar-refractivity contribution in [1.82, 2.24) is 9.88 Å². The molecule has 5 nitrogen and oxygen atoms in total. The molecule has 27 heavy (non-hydrogen) atoms. The van der Waals surface area contributed by atoms with E-state index in [1.165, 1.54) is 18.4 Å². The molecule has 2 heterocycles. The summed E-state index contributed by atoms with van der Waals surface area (Å²) in [4.78, 5) is 22.2. The van der Waals surface area contributed by atoms with Crippen LogP contribution in [-0.2, 0) is 4.74 Å². The minimum absolute atomic E-state index is 0.205. The Morgan fingerprint density at radius 2 is 2.04 bits per heavy atom. The lowest BCUT2D eigenvalue weighted by atomic mass is 9.90. The minimum atomic E-state index is -0.507. The van der Waals surface area contributed by atoms with E-state index < -0.39 is 5.60 Å². The number of carbonyl (C=O) groups is 1. The zero-order chi connectivity index (χ0) is 19.4. The Labute approximate surface area is 164 Å². The summed E-state index contributed by atoms with van der Waals surface area (Å²) in [6, 6.07) is 4.71. The number of piperidine rings is 1. The maximum Gasteiger partial charge on any atom is 0.416 e. The molecule has 0 bridgehead atoms. The molecular formula is C22H35N3O2. The largest absolute Gasteiger partial charge is 0.443 e. The third kappa shape index (κ3) is 4.81. The van der Waals surface area contributed by atoms with E-state index in [4.69, 9.17) is 9.72 Å². The van der Waals surface area contributed by atoms with Gasteiger partial charge in [0.05, 0.1) is 0 Å². The minimum Gasteiger partial charge on any atom is -0.443 e. The van der Waals surface area contributed by atoms with Crippen molar-refractivity contribution in [3.8, 4) is 0 Å². The Hall–Kier alpha value is -1.62. The fourth-order valence-electron chi connectivity index (χ4n) is 4.13. The topological polar surface area (TPSA) is 45.7 Å². The van der Waals surface area contributed by atoms with Crippen molar-refractivity contribution in [3.05, 3.63) is 23.9 Å². The Morgan fingerprint density at radius 1 is 1.26 bits per heavy atom. The average molecular weight is 374 g/mol. The Morgan fingerprint density at radius 3 is 2.67 bits per heavy atom. The molecule has 1 atom stereocenters. The van der Waals surface area contributed by atoms with Gasteiger partial charge in [0.1, 0.15) is 11.4 Å². The summed E-state index contributed by atoms with van der Waals surface area (Å²) in [5.74, 6) is 0.810. The smallest absolute Gasteiger partial charge is 0.416 e. The van der Waals surface area contributed by atoms with Crippen LogP contribution >= 0.6 is 0 Å². The number of anilines is 1. The number of nitrogens with zero attached hydrogens (tertiary/aromatic N) is 3. The van der Waals surface area contributed by atoms with Crippen molar-refractivity contribution in [2.75, 3.05) is 18.0 Å². The first-order valence-corrected chi connectivity index (χ1v) is 10.6. The molecule has 1 saturated carbocycles. The highest BCUT2D eigenvalue weighted by molar-refractivity contribution is 5.88. The van der Waals surface area contributed by atoms with E-state index >= 15 is 0 Å². The van der Waals surface area contributed by atoms with E-state index in [9.17, 15) is 4.79 Å². The summed E-state index contributed by atoms with van der Waals surface area (Å²) >= 11 is 0. The lowest BCUT2D eigenvalue weighted by Gasteiger charge is -2.41. The molecular weight excluding hydrogens is 338 g/mol. The summed E-state index contributed by atoms with van der Waals surface area (Å²) < 4.78 is 5.76. The molecule has 3 rings (SSSR count). The van der Waals surface area contributed by atoms with Gasteiger partial charge >= 0.3 is 6.09 Å². The average Bonchev–Trinajstić information content (AvgIpc) is 2.57. The maximum absolute atomic E-state index is 13.1. The molecule has 1 aromatic heterocycles. The zero-order valence-electron chi connectivity index (χ0n) is 17.4. The van der Waals surface area contributed by atoms with Crippen LogP contribution in [0.5, 0.6) is 0 Å². The van der Waals surface area contributed by atoms with Gasteiger partial charge in [0, 0.05) is 23.8 Å². The SMILES string of the molecule is CCCN1CCCC[C@H]1c1cccnc1N(C(=O)OC(C)(C)C)C1CCC1. The quantitative estimate of drug-likeness (QED) is 0.701. The molecule has 0 radical (unpaired) electrons.